The minimum Gasteiger partial charge on any atom is -0.449 e. The van der Waals surface area contributed by atoms with Gasteiger partial charge in [-0.15, -0.1) is 0 Å². The van der Waals surface area contributed by atoms with Crippen LogP contribution in [0.5, 0.6) is 0 Å². The number of ether oxygens (including phenoxy) is 1. The smallest absolute Gasteiger partial charge is 0.331 e. The highest BCUT2D eigenvalue weighted by Crippen LogP contribution is 2.14. The van der Waals surface area contributed by atoms with Gasteiger partial charge in [-0.1, -0.05) is 0 Å². The largest absolute Gasteiger partial charge is 0.449 e. The molecule has 1 atom stereocenters. The zero-order chi connectivity index (χ0) is 20.1. The quantitative estimate of drug-likeness (QED) is 0.593. The number of aromatic nitrogens is 2. The predicted octanol–water partition coefficient (Wildman–Crippen LogP) is 1.72. The molecule has 2 aromatic rings. The molecule has 3 N–H and O–H groups in total. The molecule has 1 aromatic carbocycles. The molecule has 142 valence electrons. The first kappa shape index (κ1) is 19.9. The number of nitrogens with zero attached hydrogens (tertiary/aromatic N) is 2. The topological polar surface area (TPSA) is 116 Å². The molecule has 27 heavy (non-hydrogen) atoms. The van der Waals surface area contributed by atoms with Crippen LogP contribution in [0, 0.1) is 13.8 Å². The number of carbonyl (C=O) groups is 3. The lowest BCUT2D eigenvalue weighted by Crippen LogP contribution is -2.29. The maximum atomic E-state index is 12.1. The number of hydrogen-bond acceptors (Lipinski definition) is 5. The third-order valence-electron chi connectivity index (χ3n) is 4.05. The molecule has 0 bridgehead atoms. The monoisotopic (exact) mass is 370 g/mol. The summed E-state index contributed by atoms with van der Waals surface area (Å²) in [5, 5.41) is 6.86. The number of hydrogen-bond donors (Lipinski definition) is 2. The van der Waals surface area contributed by atoms with Crippen molar-refractivity contribution in [2.45, 2.75) is 26.9 Å². The number of esters is 1. The Morgan fingerprint density at radius 3 is 2.37 bits per heavy atom. The fraction of sp³-hybridized carbons (Fsp3) is 0.263. The van der Waals surface area contributed by atoms with Gasteiger partial charge in [-0.25, -0.2) is 4.79 Å². The van der Waals surface area contributed by atoms with Gasteiger partial charge in [0.1, 0.15) is 0 Å². The van der Waals surface area contributed by atoms with Crippen molar-refractivity contribution in [1.29, 1.82) is 0 Å². The summed E-state index contributed by atoms with van der Waals surface area (Å²) >= 11 is 0. The van der Waals surface area contributed by atoms with Gasteiger partial charge in [0.2, 0.25) is 5.91 Å². The van der Waals surface area contributed by atoms with Gasteiger partial charge in [0.25, 0.3) is 5.91 Å². The number of carbonyl (C=O) groups excluding carboxylic acids is 3. The van der Waals surface area contributed by atoms with Crippen molar-refractivity contribution >= 4 is 29.5 Å². The second-order valence-electron chi connectivity index (χ2n) is 6.05. The van der Waals surface area contributed by atoms with Crippen LogP contribution in [0.2, 0.25) is 0 Å². The molecule has 1 aromatic heterocycles. The average molecular weight is 370 g/mol. The Labute approximate surface area is 157 Å². The fourth-order valence-electron chi connectivity index (χ4n) is 2.41. The number of nitrogens with two attached hydrogens (primary N) is 1. The molecule has 0 aliphatic rings. The molecule has 0 unspecified atom stereocenters. The third-order valence-corrected chi connectivity index (χ3v) is 4.05. The number of anilines is 1. The Hall–Kier alpha value is -3.42. The fourth-order valence-corrected chi connectivity index (χ4v) is 2.41. The number of nitrogens with one attached hydrogen (secondary N) is 1. The molecular formula is C19H22N4O4. The Balaban J connectivity index is 1.94. The van der Waals surface area contributed by atoms with Gasteiger partial charge in [0, 0.05) is 35.6 Å². The van der Waals surface area contributed by atoms with E-state index >= 15 is 0 Å². The molecule has 0 saturated carbocycles. The second kappa shape index (κ2) is 8.31. The van der Waals surface area contributed by atoms with Crippen LogP contribution < -0.4 is 11.1 Å². The first-order chi connectivity index (χ1) is 12.7. The summed E-state index contributed by atoms with van der Waals surface area (Å²) in [4.78, 5) is 35.1. The summed E-state index contributed by atoms with van der Waals surface area (Å²) in [5.74, 6) is -1.68. The molecular weight excluding hydrogens is 348 g/mol. The van der Waals surface area contributed by atoms with Crippen LogP contribution in [-0.2, 0) is 21.4 Å². The second-order valence-corrected chi connectivity index (χ2v) is 6.05. The van der Waals surface area contributed by atoms with Crippen LogP contribution in [-0.4, -0.2) is 33.7 Å². The van der Waals surface area contributed by atoms with Crippen LogP contribution in [0.4, 0.5) is 5.69 Å². The number of rotatable bonds is 6. The molecule has 0 aliphatic carbocycles. The summed E-state index contributed by atoms with van der Waals surface area (Å²) in [7, 11) is 1.82. The van der Waals surface area contributed by atoms with Gasteiger partial charge in [0.05, 0.1) is 5.69 Å². The van der Waals surface area contributed by atoms with E-state index in [2.05, 4.69) is 10.4 Å². The van der Waals surface area contributed by atoms with Crippen molar-refractivity contribution in [2.75, 3.05) is 5.32 Å². The molecule has 0 radical (unpaired) electrons. The Kier molecular flexibility index (Phi) is 6.12. The maximum Gasteiger partial charge on any atom is 0.331 e. The van der Waals surface area contributed by atoms with Crippen molar-refractivity contribution in [3.8, 4) is 0 Å². The molecule has 0 aliphatic heterocycles. The highest BCUT2D eigenvalue weighted by Gasteiger charge is 2.17. The van der Waals surface area contributed by atoms with E-state index in [-0.39, 0.29) is 0 Å². The minimum atomic E-state index is -0.992. The van der Waals surface area contributed by atoms with Crippen LogP contribution in [0.15, 0.2) is 30.3 Å². The Morgan fingerprint density at radius 2 is 1.85 bits per heavy atom. The zero-order valence-electron chi connectivity index (χ0n) is 15.6. The van der Waals surface area contributed by atoms with Gasteiger partial charge in [-0.2, -0.15) is 5.10 Å². The summed E-state index contributed by atoms with van der Waals surface area (Å²) in [6, 6.07) is 6.08. The lowest BCUT2D eigenvalue weighted by atomic mass is 10.2. The molecule has 2 amide bonds. The average Bonchev–Trinajstić information content (AvgIpc) is 2.85. The number of primary amides is 1. The first-order valence-corrected chi connectivity index (χ1v) is 8.28. The van der Waals surface area contributed by atoms with Crippen LogP contribution >= 0.6 is 0 Å². The first-order valence-electron chi connectivity index (χ1n) is 8.28. The number of benzene rings is 1. The normalized spacial score (nSPS) is 12.0. The highest BCUT2D eigenvalue weighted by molar-refractivity contribution is 5.97. The molecule has 8 nitrogen and oxygen atoms in total. The lowest BCUT2D eigenvalue weighted by molar-refractivity contribution is -0.148. The SMILES string of the molecule is Cc1nn(C)c(C)c1/C=C/C(=O)O[C@H](C)C(=O)Nc1ccc(C(N)=O)cc1. The van der Waals surface area contributed by atoms with E-state index in [1.807, 2.05) is 20.9 Å². The van der Waals surface area contributed by atoms with E-state index in [1.165, 1.54) is 25.1 Å². The molecule has 0 spiro atoms. The Morgan fingerprint density at radius 1 is 1.22 bits per heavy atom. The van der Waals surface area contributed by atoms with Gasteiger partial charge < -0.3 is 15.8 Å². The van der Waals surface area contributed by atoms with E-state index in [0.29, 0.717) is 11.3 Å². The summed E-state index contributed by atoms with van der Waals surface area (Å²) in [5.41, 5.74) is 8.51. The summed E-state index contributed by atoms with van der Waals surface area (Å²) in [6.45, 7) is 5.21. The van der Waals surface area contributed by atoms with Crippen LogP contribution in [0.25, 0.3) is 6.08 Å². The molecule has 8 heteroatoms. The highest BCUT2D eigenvalue weighted by atomic mass is 16.5. The van der Waals surface area contributed by atoms with E-state index in [4.69, 9.17) is 10.5 Å². The van der Waals surface area contributed by atoms with Crippen LogP contribution in [0.1, 0.15) is 34.2 Å². The maximum absolute atomic E-state index is 12.1. The minimum absolute atomic E-state index is 0.332. The van der Waals surface area contributed by atoms with Gasteiger partial charge in [-0.3, -0.25) is 14.3 Å². The molecule has 1 heterocycles. The van der Waals surface area contributed by atoms with Crippen molar-refractivity contribution in [3.05, 3.63) is 52.9 Å². The van der Waals surface area contributed by atoms with Gasteiger partial charge >= 0.3 is 5.97 Å². The van der Waals surface area contributed by atoms with Crippen molar-refractivity contribution in [2.24, 2.45) is 12.8 Å². The summed E-state index contributed by atoms with van der Waals surface area (Å²) < 4.78 is 6.84. The Bertz CT molecular complexity index is 897. The van der Waals surface area contributed by atoms with Crippen molar-refractivity contribution in [1.82, 2.24) is 9.78 Å². The number of aryl methyl sites for hydroxylation is 2. The van der Waals surface area contributed by atoms with E-state index in [0.717, 1.165) is 17.0 Å². The van der Waals surface area contributed by atoms with E-state index in [9.17, 15) is 14.4 Å². The lowest BCUT2D eigenvalue weighted by Gasteiger charge is -2.12. The van der Waals surface area contributed by atoms with E-state index in [1.54, 1.807) is 22.9 Å². The molecule has 2 rings (SSSR count). The molecule has 0 fully saturated rings. The van der Waals surface area contributed by atoms with Crippen molar-refractivity contribution < 1.29 is 19.1 Å². The van der Waals surface area contributed by atoms with Crippen molar-refractivity contribution in [3.63, 3.8) is 0 Å². The third kappa shape index (κ3) is 5.04. The van der Waals surface area contributed by atoms with Gasteiger partial charge in [-0.05, 0) is 51.1 Å². The number of amides is 2. The zero-order valence-corrected chi connectivity index (χ0v) is 15.6. The van der Waals surface area contributed by atoms with Crippen LogP contribution in [0.3, 0.4) is 0 Å². The van der Waals surface area contributed by atoms with Gasteiger partial charge in [0.15, 0.2) is 6.10 Å². The predicted molar refractivity (Wildman–Crippen MR) is 101 cm³/mol. The summed E-state index contributed by atoms with van der Waals surface area (Å²) in [6.07, 6.45) is 1.89. The van der Waals surface area contributed by atoms with E-state index < -0.39 is 23.9 Å². The molecule has 0 saturated heterocycles. The standard InChI is InChI=1S/C19H22N4O4/c1-11-16(12(2)23(4)22-11)9-10-17(24)27-13(3)19(26)21-15-7-5-14(6-8-15)18(20)25/h5-10,13H,1-4H3,(H2,20,25)(H,21,26)/b10-9+/t13-/m1/s1.